The summed E-state index contributed by atoms with van der Waals surface area (Å²) in [6.07, 6.45) is -2.99. The van der Waals surface area contributed by atoms with Gasteiger partial charge in [-0.3, -0.25) is 0 Å². The molecular weight excluding hydrogens is 391 g/mol. The molecule has 0 aliphatic carbocycles. The molecule has 0 fully saturated rings. The first kappa shape index (κ1) is 21.9. The molecule has 0 spiro atoms. The minimum Gasteiger partial charge on any atom is -0.406 e. The van der Waals surface area contributed by atoms with E-state index in [1.165, 1.54) is 18.2 Å². The third kappa shape index (κ3) is 6.34. The number of nitrogens with zero attached hydrogens (tertiary/aromatic N) is 3. The van der Waals surface area contributed by atoms with Crippen molar-refractivity contribution in [3.05, 3.63) is 52.5 Å². The van der Waals surface area contributed by atoms with Crippen molar-refractivity contribution in [3.8, 4) is 5.75 Å². The standard InChI is InChI=1S/C20H23ClF3N3O/c1-5-26(3)13-25-18-9-14(2)19(11-17(18)21)27(4)12-15-7-6-8-16(10-15)28-20(22,23)24/h6-11,13H,5,12H2,1-4H3. The van der Waals surface area contributed by atoms with Gasteiger partial charge in [0.1, 0.15) is 5.75 Å². The maximum Gasteiger partial charge on any atom is 0.573 e. The predicted molar refractivity (Wildman–Crippen MR) is 108 cm³/mol. The summed E-state index contributed by atoms with van der Waals surface area (Å²) in [6, 6.07) is 9.63. The lowest BCUT2D eigenvalue weighted by atomic mass is 10.1. The Hall–Kier alpha value is -2.41. The molecule has 2 rings (SSSR count). The Morgan fingerprint density at radius 1 is 1.18 bits per heavy atom. The minimum atomic E-state index is -4.71. The molecule has 0 aliphatic rings. The van der Waals surface area contributed by atoms with E-state index in [0.29, 0.717) is 22.8 Å². The molecule has 0 aromatic heterocycles. The van der Waals surface area contributed by atoms with E-state index in [0.717, 1.165) is 17.8 Å². The summed E-state index contributed by atoms with van der Waals surface area (Å²) < 4.78 is 41.2. The van der Waals surface area contributed by atoms with Crippen LogP contribution in [0.2, 0.25) is 5.02 Å². The minimum absolute atomic E-state index is 0.238. The van der Waals surface area contributed by atoms with Gasteiger partial charge in [0.25, 0.3) is 0 Å². The Morgan fingerprint density at radius 2 is 1.89 bits per heavy atom. The summed E-state index contributed by atoms with van der Waals surface area (Å²) >= 11 is 6.37. The van der Waals surface area contributed by atoms with Gasteiger partial charge in [0, 0.05) is 32.9 Å². The monoisotopic (exact) mass is 413 g/mol. The van der Waals surface area contributed by atoms with E-state index in [2.05, 4.69) is 9.73 Å². The number of anilines is 1. The first-order valence-corrected chi connectivity index (χ1v) is 9.07. The number of alkyl halides is 3. The van der Waals surface area contributed by atoms with Crippen LogP contribution in [0.5, 0.6) is 5.75 Å². The predicted octanol–water partition coefficient (Wildman–Crippen LogP) is 5.79. The van der Waals surface area contributed by atoms with Gasteiger partial charge < -0.3 is 14.5 Å². The molecule has 0 N–H and O–H groups in total. The maximum absolute atomic E-state index is 12.4. The zero-order chi connectivity index (χ0) is 20.9. The van der Waals surface area contributed by atoms with Crippen LogP contribution in [0.1, 0.15) is 18.1 Å². The molecule has 28 heavy (non-hydrogen) atoms. The Balaban J connectivity index is 2.18. The highest BCUT2D eigenvalue weighted by Crippen LogP contribution is 2.33. The van der Waals surface area contributed by atoms with Crippen molar-refractivity contribution < 1.29 is 17.9 Å². The number of ether oxygens (including phenoxy) is 1. The highest BCUT2D eigenvalue weighted by molar-refractivity contribution is 6.33. The lowest BCUT2D eigenvalue weighted by Gasteiger charge is -2.23. The van der Waals surface area contributed by atoms with Gasteiger partial charge in [0.05, 0.1) is 17.0 Å². The van der Waals surface area contributed by atoms with Crippen LogP contribution < -0.4 is 9.64 Å². The number of aliphatic imine (C=N–C) groups is 1. The van der Waals surface area contributed by atoms with Crippen LogP contribution in [0.3, 0.4) is 0 Å². The summed E-state index contributed by atoms with van der Waals surface area (Å²) in [7, 11) is 3.77. The summed E-state index contributed by atoms with van der Waals surface area (Å²) in [4.78, 5) is 8.24. The van der Waals surface area contributed by atoms with E-state index in [1.54, 1.807) is 12.4 Å². The van der Waals surface area contributed by atoms with Crippen LogP contribution in [-0.4, -0.2) is 38.2 Å². The molecule has 2 aromatic rings. The van der Waals surface area contributed by atoms with Crippen molar-refractivity contribution in [3.63, 3.8) is 0 Å². The van der Waals surface area contributed by atoms with E-state index in [-0.39, 0.29) is 5.75 Å². The Labute approximate surface area is 168 Å². The van der Waals surface area contributed by atoms with E-state index in [4.69, 9.17) is 11.6 Å². The van der Waals surface area contributed by atoms with Gasteiger partial charge in [-0.15, -0.1) is 13.2 Å². The summed E-state index contributed by atoms with van der Waals surface area (Å²) in [5.74, 6) is -0.238. The molecule has 0 atom stereocenters. The molecule has 0 unspecified atom stereocenters. The lowest BCUT2D eigenvalue weighted by molar-refractivity contribution is -0.274. The molecule has 152 valence electrons. The smallest absolute Gasteiger partial charge is 0.406 e. The van der Waals surface area contributed by atoms with Crippen LogP contribution >= 0.6 is 11.6 Å². The molecule has 8 heteroatoms. The van der Waals surface area contributed by atoms with Gasteiger partial charge in [-0.2, -0.15) is 0 Å². The van der Waals surface area contributed by atoms with E-state index in [1.807, 2.05) is 49.9 Å². The van der Waals surface area contributed by atoms with Crippen molar-refractivity contribution in [1.29, 1.82) is 0 Å². The Bertz CT molecular complexity index is 840. The maximum atomic E-state index is 12.4. The van der Waals surface area contributed by atoms with Crippen LogP contribution in [-0.2, 0) is 6.54 Å². The average Bonchev–Trinajstić information content (AvgIpc) is 2.60. The fourth-order valence-corrected chi connectivity index (χ4v) is 2.82. The molecule has 0 aliphatic heterocycles. The normalized spacial score (nSPS) is 11.7. The number of aryl methyl sites for hydroxylation is 1. The Morgan fingerprint density at radius 3 is 2.54 bits per heavy atom. The second-order valence-electron chi connectivity index (χ2n) is 6.46. The summed E-state index contributed by atoms with van der Waals surface area (Å²) in [5, 5.41) is 0.502. The van der Waals surface area contributed by atoms with Gasteiger partial charge in [0.15, 0.2) is 0 Å². The van der Waals surface area contributed by atoms with E-state index in [9.17, 15) is 13.2 Å². The van der Waals surface area contributed by atoms with Gasteiger partial charge >= 0.3 is 6.36 Å². The van der Waals surface area contributed by atoms with Crippen LogP contribution in [0, 0.1) is 6.92 Å². The molecule has 0 saturated carbocycles. The third-order valence-corrected chi connectivity index (χ3v) is 4.42. The molecular formula is C20H23ClF3N3O. The first-order valence-electron chi connectivity index (χ1n) is 8.69. The van der Waals surface area contributed by atoms with Crippen molar-refractivity contribution in [2.75, 3.05) is 25.5 Å². The fraction of sp³-hybridized carbons (Fsp3) is 0.350. The second kappa shape index (κ2) is 9.19. The quantitative estimate of drug-likeness (QED) is 0.424. The van der Waals surface area contributed by atoms with E-state index >= 15 is 0 Å². The molecule has 0 heterocycles. The van der Waals surface area contributed by atoms with Crippen molar-refractivity contribution in [2.24, 2.45) is 4.99 Å². The average molecular weight is 414 g/mol. The fourth-order valence-electron chi connectivity index (χ4n) is 2.61. The van der Waals surface area contributed by atoms with Crippen molar-refractivity contribution in [1.82, 2.24) is 4.90 Å². The number of hydrogen-bond acceptors (Lipinski definition) is 3. The highest BCUT2D eigenvalue weighted by Gasteiger charge is 2.31. The number of halogens is 4. The first-order chi connectivity index (χ1) is 13.1. The van der Waals surface area contributed by atoms with Gasteiger partial charge in [0.2, 0.25) is 0 Å². The third-order valence-electron chi connectivity index (χ3n) is 4.12. The van der Waals surface area contributed by atoms with Crippen molar-refractivity contribution >= 4 is 29.3 Å². The summed E-state index contributed by atoms with van der Waals surface area (Å²) in [6.45, 7) is 5.19. The highest BCUT2D eigenvalue weighted by atomic mass is 35.5. The van der Waals surface area contributed by atoms with Gasteiger partial charge in [-0.25, -0.2) is 4.99 Å². The lowest BCUT2D eigenvalue weighted by Crippen LogP contribution is -2.19. The molecule has 0 radical (unpaired) electrons. The molecule has 0 bridgehead atoms. The van der Waals surface area contributed by atoms with E-state index < -0.39 is 6.36 Å². The molecule has 0 saturated heterocycles. The topological polar surface area (TPSA) is 28.1 Å². The van der Waals surface area contributed by atoms with Crippen LogP contribution in [0.15, 0.2) is 41.4 Å². The zero-order valence-corrected chi connectivity index (χ0v) is 17.0. The number of hydrogen-bond donors (Lipinski definition) is 0. The second-order valence-corrected chi connectivity index (χ2v) is 6.87. The summed E-state index contributed by atoms with van der Waals surface area (Å²) in [5.41, 5.74) is 3.18. The zero-order valence-electron chi connectivity index (χ0n) is 16.2. The Kier molecular flexibility index (Phi) is 7.18. The van der Waals surface area contributed by atoms with Crippen LogP contribution in [0.25, 0.3) is 0 Å². The largest absolute Gasteiger partial charge is 0.573 e. The van der Waals surface area contributed by atoms with Crippen LogP contribution in [0.4, 0.5) is 24.5 Å². The molecule has 2 aromatic carbocycles. The molecule has 0 amide bonds. The number of rotatable bonds is 7. The SMILES string of the molecule is CCN(C)C=Nc1cc(C)c(N(C)Cc2cccc(OC(F)(F)F)c2)cc1Cl. The van der Waals surface area contributed by atoms with Gasteiger partial charge in [-0.1, -0.05) is 23.7 Å². The number of benzene rings is 2. The van der Waals surface area contributed by atoms with Crippen molar-refractivity contribution in [2.45, 2.75) is 26.8 Å². The van der Waals surface area contributed by atoms with Gasteiger partial charge in [-0.05, 0) is 49.2 Å². The molecule has 4 nitrogen and oxygen atoms in total.